The van der Waals surface area contributed by atoms with Crippen LogP contribution < -0.4 is 4.74 Å². The number of carbonyl (C=O) groups excluding carboxylic acids is 1. The first kappa shape index (κ1) is 19.2. The maximum absolute atomic E-state index is 10.7. The van der Waals surface area contributed by atoms with Crippen LogP contribution in [0, 0.1) is 0 Å². The fraction of sp³-hybridized carbons (Fsp3) is 0.227. The molecule has 0 saturated heterocycles. The van der Waals surface area contributed by atoms with Crippen molar-refractivity contribution in [2.75, 3.05) is 0 Å². The number of aryl methyl sites for hydroxylation is 1. The Hall–Kier alpha value is -3.12. The van der Waals surface area contributed by atoms with Gasteiger partial charge in [-0.2, -0.15) is 4.98 Å². The number of ether oxygens (including phenoxy) is 1. The molecule has 6 nitrogen and oxygen atoms in total. The van der Waals surface area contributed by atoms with Crippen LogP contribution in [0.1, 0.15) is 25.8 Å². The van der Waals surface area contributed by atoms with E-state index in [0.717, 1.165) is 33.9 Å². The van der Waals surface area contributed by atoms with E-state index in [9.17, 15) is 4.79 Å². The highest BCUT2D eigenvalue weighted by atomic mass is 35.5. The number of carbonyl (C=O) groups is 1. The van der Waals surface area contributed by atoms with Crippen molar-refractivity contribution in [3.63, 3.8) is 0 Å². The number of H-pyrrole nitrogens is 1. The van der Waals surface area contributed by atoms with Crippen molar-refractivity contribution in [3.8, 4) is 28.6 Å². The van der Waals surface area contributed by atoms with E-state index in [1.54, 1.807) is 12.1 Å². The summed E-state index contributed by atoms with van der Waals surface area (Å²) in [7, 11) is 0. The molecule has 2 heterocycles. The van der Waals surface area contributed by atoms with Crippen molar-refractivity contribution in [2.45, 2.75) is 32.8 Å². The molecule has 29 heavy (non-hydrogen) atoms. The van der Waals surface area contributed by atoms with E-state index in [2.05, 4.69) is 15.1 Å². The number of aromatic nitrogens is 3. The molecule has 0 aliphatic rings. The van der Waals surface area contributed by atoms with E-state index in [4.69, 9.17) is 20.9 Å². The summed E-state index contributed by atoms with van der Waals surface area (Å²) in [4.78, 5) is 18.5. The lowest BCUT2D eigenvalue weighted by molar-refractivity contribution is -0.107. The van der Waals surface area contributed by atoms with Crippen LogP contribution in [-0.2, 0) is 11.2 Å². The third-order valence-corrected chi connectivity index (χ3v) is 4.85. The fourth-order valence-corrected chi connectivity index (χ4v) is 3.49. The smallest absolute Gasteiger partial charge is 0.258 e. The Bertz CT molecular complexity index is 1160. The highest BCUT2D eigenvalue weighted by molar-refractivity contribution is 6.32. The molecule has 0 bridgehead atoms. The number of halogens is 1. The van der Waals surface area contributed by atoms with Crippen LogP contribution in [0.4, 0.5) is 0 Å². The maximum Gasteiger partial charge on any atom is 0.258 e. The van der Waals surface area contributed by atoms with Crippen LogP contribution in [0.5, 0.6) is 5.75 Å². The Labute approximate surface area is 172 Å². The second-order valence-corrected chi connectivity index (χ2v) is 7.39. The molecule has 0 unspecified atom stereocenters. The molecule has 0 aliphatic carbocycles. The molecule has 0 saturated carbocycles. The van der Waals surface area contributed by atoms with E-state index in [0.29, 0.717) is 35.3 Å². The van der Waals surface area contributed by atoms with Crippen molar-refractivity contribution in [1.82, 2.24) is 15.1 Å². The van der Waals surface area contributed by atoms with Gasteiger partial charge in [0.05, 0.1) is 16.6 Å². The van der Waals surface area contributed by atoms with E-state index >= 15 is 0 Å². The first-order valence-corrected chi connectivity index (χ1v) is 9.78. The summed E-state index contributed by atoms with van der Waals surface area (Å²) in [5.74, 6) is 1.47. The van der Waals surface area contributed by atoms with Crippen LogP contribution in [0.2, 0.25) is 5.02 Å². The maximum atomic E-state index is 10.7. The first-order chi connectivity index (χ1) is 14.1. The summed E-state index contributed by atoms with van der Waals surface area (Å²) < 4.78 is 11.1. The van der Waals surface area contributed by atoms with Gasteiger partial charge in [-0.1, -0.05) is 22.8 Å². The zero-order chi connectivity index (χ0) is 20.4. The lowest BCUT2D eigenvalue weighted by Gasteiger charge is -2.11. The van der Waals surface area contributed by atoms with Gasteiger partial charge >= 0.3 is 0 Å². The summed E-state index contributed by atoms with van der Waals surface area (Å²) in [6.07, 6.45) is 4.01. The highest BCUT2D eigenvalue weighted by Crippen LogP contribution is 2.33. The summed E-state index contributed by atoms with van der Waals surface area (Å²) in [6, 6.07) is 11.3. The highest BCUT2D eigenvalue weighted by Gasteiger charge is 2.16. The molecular weight excluding hydrogens is 390 g/mol. The number of nitrogens with one attached hydrogen (secondary N) is 1. The molecule has 0 aliphatic heterocycles. The number of fused-ring (bicyclic) bond motifs is 1. The van der Waals surface area contributed by atoms with Gasteiger partial charge in [0, 0.05) is 29.1 Å². The molecule has 0 fully saturated rings. The quantitative estimate of drug-likeness (QED) is 0.410. The van der Waals surface area contributed by atoms with Gasteiger partial charge in [-0.05, 0) is 56.2 Å². The monoisotopic (exact) mass is 409 g/mol. The van der Waals surface area contributed by atoms with Crippen LogP contribution in [0.3, 0.4) is 0 Å². The van der Waals surface area contributed by atoms with Gasteiger partial charge in [0.15, 0.2) is 0 Å². The predicted octanol–water partition coefficient (Wildman–Crippen LogP) is 5.46. The molecule has 1 N–H and O–H groups in total. The van der Waals surface area contributed by atoms with Crippen LogP contribution >= 0.6 is 11.6 Å². The first-order valence-electron chi connectivity index (χ1n) is 9.40. The van der Waals surface area contributed by atoms with Gasteiger partial charge in [-0.25, -0.2) is 0 Å². The Balaban J connectivity index is 1.67. The topological polar surface area (TPSA) is 81.0 Å². The van der Waals surface area contributed by atoms with Crippen molar-refractivity contribution in [1.29, 1.82) is 0 Å². The number of rotatable bonds is 7. The van der Waals surface area contributed by atoms with Crippen molar-refractivity contribution in [3.05, 3.63) is 53.2 Å². The molecule has 148 valence electrons. The van der Waals surface area contributed by atoms with Gasteiger partial charge in [0.25, 0.3) is 5.89 Å². The molecule has 0 amide bonds. The number of nitrogens with zero attached hydrogens (tertiary/aromatic N) is 2. The number of hydrogen-bond acceptors (Lipinski definition) is 5. The molecule has 0 radical (unpaired) electrons. The molecule has 4 rings (SSSR count). The third-order valence-electron chi connectivity index (χ3n) is 4.55. The molecule has 0 atom stereocenters. The van der Waals surface area contributed by atoms with Crippen molar-refractivity contribution < 1.29 is 14.1 Å². The molecule has 2 aromatic carbocycles. The van der Waals surface area contributed by atoms with Crippen LogP contribution in [0.25, 0.3) is 33.7 Å². The van der Waals surface area contributed by atoms with Gasteiger partial charge in [0.2, 0.25) is 5.82 Å². The summed E-state index contributed by atoms with van der Waals surface area (Å²) in [6.45, 7) is 3.89. The molecule has 7 heteroatoms. The van der Waals surface area contributed by atoms with Gasteiger partial charge in [0.1, 0.15) is 12.0 Å². The Kier molecular flexibility index (Phi) is 5.36. The minimum absolute atomic E-state index is 0.0334. The zero-order valence-electron chi connectivity index (χ0n) is 16.1. The lowest BCUT2D eigenvalue weighted by Crippen LogP contribution is -2.05. The van der Waals surface area contributed by atoms with Crippen molar-refractivity contribution in [2.24, 2.45) is 0 Å². The van der Waals surface area contributed by atoms with Gasteiger partial charge in [-0.3, -0.25) is 0 Å². The SMILES string of the molecule is CC(C)Oc1ccc(-c2nc(-c3ccc(CCC=O)c4cc[nH]c34)no2)cc1Cl. The molecule has 2 aromatic heterocycles. The zero-order valence-corrected chi connectivity index (χ0v) is 16.9. The second kappa shape index (κ2) is 8.09. The van der Waals surface area contributed by atoms with E-state index < -0.39 is 0 Å². The number of aromatic amines is 1. The minimum atomic E-state index is 0.0334. The Morgan fingerprint density at radius 2 is 2.10 bits per heavy atom. The van der Waals surface area contributed by atoms with Gasteiger partial charge in [-0.15, -0.1) is 0 Å². The summed E-state index contributed by atoms with van der Waals surface area (Å²) >= 11 is 6.33. The van der Waals surface area contributed by atoms with Crippen LogP contribution in [0.15, 0.2) is 47.1 Å². The molecule has 0 spiro atoms. The van der Waals surface area contributed by atoms with E-state index in [1.807, 2.05) is 44.3 Å². The normalized spacial score (nSPS) is 11.3. The second-order valence-electron chi connectivity index (χ2n) is 6.98. The number of benzene rings is 2. The average Bonchev–Trinajstić information content (AvgIpc) is 3.37. The van der Waals surface area contributed by atoms with Crippen LogP contribution in [-0.4, -0.2) is 27.5 Å². The summed E-state index contributed by atoms with van der Waals surface area (Å²) in [5.41, 5.74) is 3.57. The lowest BCUT2D eigenvalue weighted by atomic mass is 10.0. The van der Waals surface area contributed by atoms with E-state index in [1.165, 1.54) is 0 Å². The average molecular weight is 410 g/mol. The Morgan fingerprint density at radius 3 is 2.86 bits per heavy atom. The number of hydrogen-bond donors (Lipinski definition) is 1. The standard InChI is InChI=1S/C22H20ClN3O3/c1-13(2)28-19-8-6-15(12-18(19)23)22-25-21(26-29-22)17-7-5-14(4-3-11-27)16-9-10-24-20(16)17/h5-13,24H,3-4H2,1-2H3. The summed E-state index contributed by atoms with van der Waals surface area (Å²) in [5, 5.41) is 5.69. The Morgan fingerprint density at radius 1 is 1.24 bits per heavy atom. The predicted molar refractivity (Wildman–Crippen MR) is 112 cm³/mol. The third kappa shape index (κ3) is 3.89. The fourth-order valence-electron chi connectivity index (χ4n) is 3.27. The van der Waals surface area contributed by atoms with Crippen molar-refractivity contribution >= 4 is 28.8 Å². The number of aldehydes is 1. The molecule has 4 aromatic rings. The molecular formula is C22H20ClN3O3. The largest absolute Gasteiger partial charge is 0.489 e. The van der Waals surface area contributed by atoms with E-state index in [-0.39, 0.29) is 6.10 Å². The minimum Gasteiger partial charge on any atom is -0.489 e. The van der Waals surface area contributed by atoms with Gasteiger partial charge < -0.3 is 19.0 Å².